The van der Waals surface area contributed by atoms with Gasteiger partial charge in [0.1, 0.15) is 23.0 Å². The van der Waals surface area contributed by atoms with Crippen molar-refractivity contribution in [1.29, 1.82) is 0 Å². The highest BCUT2D eigenvalue weighted by atomic mass is 16.5. The Labute approximate surface area is 188 Å². The van der Waals surface area contributed by atoms with Crippen LogP contribution in [0, 0.1) is 11.8 Å². The van der Waals surface area contributed by atoms with Gasteiger partial charge in [-0.25, -0.2) is 0 Å². The first-order chi connectivity index (χ1) is 15.8. The number of hydrogen-bond donors (Lipinski definition) is 1. The molecule has 0 atom stereocenters. The van der Waals surface area contributed by atoms with Crippen LogP contribution in [-0.4, -0.2) is 11.5 Å². The molecule has 4 heteroatoms. The number of aromatic nitrogens is 1. The van der Waals surface area contributed by atoms with Crippen LogP contribution < -0.4 is 14.8 Å². The SMILES string of the molecule is CC#CCNCc1cccc(-c2cnccc2Oc2ccc(Oc3ccccc3)cc2)c1. The second-order valence-electron chi connectivity index (χ2n) is 7.09. The fraction of sp³-hybridized carbons (Fsp3) is 0.107. The number of ether oxygens (including phenoxy) is 2. The summed E-state index contributed by atoms with van der Waals surface area (Å²) < 4.78 is 12.0. The van der Waals surface area contributed by atoms with Crippen molar-refractivity contribution in [2.45, 2.75) is 13.5 Å². The first kappa shape index (κ1) is 21.2. The van der Waals surface area contributed by atoms with Gasteiger partial charge in [-0.2, -0.15) is 0 Å². The smallest absolute Gasteiger partial charge is 0.138 e. The highest BCUT2D eigenvalue weighted by Crippen LogP contribution is 2.34. The Balaban J connectivity index is 1.48. The Kier molecular flexibility index (Phi) is 7.15. The van der Waals surface area contributed by atoms with Crippen molar-refractivity contribution in [2.75, 3.05) is 6.54 Å². The minimum absolute atomic E-state index is 0.673. The van der Waals surface area contributed by atoms with E-state index >= 15 is 0 Å². The normalized spacial score (nSPS) is 10.2. The molecule has 4 aromatic rings. The summed E-state index contributed by atoms with van der Waals surface area (Å²) in [7, 11) is 0. The van der Waals surface area contributed by atoms with Gasteiger partial charge in [0.15, 0.2) is 0 Å². The van der Waals surface area contributed by atoms with Crippen LogP contribution >= 0.6 is 0 Å². The number of para-hydroxylation sites is 1. The molecule has 158 valence electrons. The van der Waals surface area contributed by atoms with E-state index in [0.29, 0.717) is 6.54 Å². The van der Waals surface area contributed by atoms with Crippen LogP contribution in [0.4, 0.5) is 0 Å². The molecule has 0 saturated carbocycles. The standard InChI is InChI=1S/C28H24N2O2/c1-2-3-17-29-20-22-8-7-9-23(19-22)27-21-30-18-16-28(27)32-26-14-12-25(13-15-26)31-24-10-5-4-6-11-24/h4-16,18-19,21,29H,17,20H2,1H3. The maximum absolute atomic E-state index is 6.19. The Morgan fingerprint density at radius 1 is 0.812 bits per heavy atom. The molecule has 0 fully saturated rings. The van der Waals surface area contributed by atoms with Gasteiger partial charge in [0, 0.05) is 24.5 Å². The number of hydrogen-bond acceptors (Lipinski definition) is 4. The van der Waals surface area contributed by atoms with Crippen LogP contribution in [0.1, 0.15) is 12.5 Å². The molecule has 0 spiro atoms. The van der Waals surface area contributed by atoms with E-state index in [1.807, 2.05) is 79.9 Å². The average molecular weight is 421 g/mol. The molecule has 1 aromatic heterocycles. The second kappa shape index (κ2) is 10.8. The Morgan fingerprint density at radius 2 is 1.56 bits per heavy atom. The van der Waals surface area contributed by atoms with Gasteiger partial charge in [0.25, 0.3) is 0 Å². The van der Waals surface area contributed by atoms with Crippen molar-refractivity contribution in [3.05, 3.63) is 103 Å². The summed E-state index contributed by atoms with van der Waals surface area (Å²) in [6.07, 6.45) is 3.57. The third kappa shape index (κ3) is 5.75. The van der Waals surface area contributed by atoms with Crippen molar-refractivity contribution in [3.8, 4) is 46.0 Å². The van der Waals surface area contributed by atoms with Gasteiger partial charge < -0.3 is 14.8 Å². The van der Waals surface area contributed by atoms with E-state index in [1.54, 1.807) is 6.20 Å². The minimum atomic E-state index is 0.673. The Hall–Kier alpha value is -4.07. The van der Waals surface area contributed by atoms with Gasteiger partial charge in [-0.1, -0.05) is 42.3 Å². The molecule has 1 N–H and O–H groups in total. The molecule has 3 aromatic carbocycles. The van der Waals surface area contributed by atoms with Crippen molar-refractivity contribution >= 4 is 0 Å². The molecule has 0 amide bonds. The molecule has 0 radical (unpaired) electrons. The molecule has 0 aliphatic carbocycles. The van der Waals surface area contributed by atoms with Gasteiger partial charge in [-0.15, -0.1) is 5.92 Å². The van der Waals surface area contributed by atoms with Gasteiger partial charge in [0.2, 0.25) is 0 Å². The predicted molar refractivity (Wildman–Crippen MR) is 128 cm³/mol. The van der Waals surface area contributed by atoms with Crippen LogP contribution in [0.3, 0.4) is 0 Å². The first-order valence-electron chi connectivity index (χ1n) is 10.5. The van der Waals surface area contributed by atoms with Gasteiger partial charge in [0.05, 0.1) is 6.54 Å². The number of benzene rings is 3. The number of rotatable bonds is 8. The van der Waals surface area contributed by atoms with Crippen molar-refractivity contribution < 1.29 is 9.47 Å². The average Bonchev–Trinajstić information content (AvgIpc) is 2.84. The summed E-state index contributed by atoms with van der Waals surface area (Å²) in [4.78, 5) is 4.31. The van der Waals surface area contributed by atoms with Crippen molar-refractivity contribution in [3.63, 3.8) is 0 Å². The summed E-state index contributed by atoms with van der Waals surface area (Å²) in [5.74, 6) is 8.95. The molecular weight excluding hydrogens is 396 g/mol. The van der Waals surface area contributed by atoms with Gasteiger partial charge in [-0.3, -0.25) is 4.98 Å². The Morgan fingerprint density at radius 3 is 2.34 bits per heavy atom. The van der Waals surface area contributed by atoms with E-state index in [2.05, 4.69) is 40.3 Å². The maximum Gasteiger partial charge on any atom is 0.138 e. The largest absolute Gasteiger partial charge is 0.457 e. The fourth-order valence-electron chi connectivity index (χ4n) is 3.22. The summed E-state index contributed by atoms with van der Waals surface area (Å²) in [5, 5.41) is 3.33. The third-order valence-electron chi connectivity index (χ3n) is 4.77. The number of pyridine rings is 1. The van der Waals surface area contributed by atoms with Crippen LogP contribution in [0.15, 0.2) is 97.3 Å². The summed E-state index contributed by atoms with van der Waals surface area (Å²) in [5.41, 5.74) is 3.17. The topological polar surface area (TPSA) is 43.4 Å². The van der Waals surface area contributed by atoms with Crippen LogP contribution in [0.5, 0.6) is 23.0 Å². The lowest BCUT2D eigenvalue weighted by molar-refractivity contribution is 0.470. The maximum atomic E-state index is 6.19. The highest BCUT2D eigenvalue weighted by Gasteiger charge is 2.09. The number of nitrogens with one attached hydrogen (secondary N) is 1. The molecule has 32 heavy (non-hydrogen) atoms. The lowest BCUT2D eigenvalue weighted by Gasteiger charge is -2.12. The highest BCUT2D eigenvalue weighted by molar-refractivity contribution is 5.70. The van der Waals surface area contributed by atoms with Gasteiger partial charge >= 0.3 is 0 Å². The van der Waals surface area contributed by atoms with E-state index in [-0.39, 0.29) is 0 Å². The molecule has 0 aliphatic rings. The molecule has 4 nitrogen and oxygen atoms in total. The van der Waals surface area contributed by atoms with Crippen LogP contribution in [-0.2, 0) is 6.54 Å². The quantitative estimate of drug-likeness (QED) is 0.263. The van der Waals surface area contributed by atoms with E-state index in [4.69, 9.17) is 9.47 Å². The predicted octanol–water partition coefficient (Wildman–Crippen LogP) is 6.45. The van der Waals surface area contributed by atoms with E-state index in [0.717, 1.165) is 40.7 Å². The van der Waals surface area contributed by atoms with Crippen LogP contribution in [0.2, 0.25) is 0 Å². The van der Waals surface area contributed by atoms with E-state index < -0.39 is 0 Å². The summed E-state index contributed by atoms with van der Waals surface area (Å²) in [6.45, 7) is 3.27. The summed E-state index contributed by atoms with van der Waals surface area (Å²) in [6, 6.07) is 27.5. The zero-order valence-corrected chi connectivity index (χ0v) is 17.9. The van der Waals surface area contributed by atoms with E-state index in [9.17, 15) is 0 Å². The monoisotopic (exact) mass is 420 g/mol. The molecule has 0 saturated heterocycles. The van der Waals surface area contributed by atoms with Gasteiger partial charge in [-0.05, 0) is 66.6 Å². The second-order valence-corrected chi connectivity index (χ2v) is 7.09. The molecule has 4 rings (SSSR count). The lowest BCUT2D eigenvalue weighted by Crippen LogP contribution is -2.13. The van der Waals surface area contributed by atoms with Crippen LogP contribution in [0.25, 0.3) is 11.1 Å². The molecule has 0 bridgehead atoms. The number of nitrogens with zero attached hydrogens (tertiary/aromatic N) is 1. The molecule has 0 aliphatic heterocycles. The Bertz CT molecular complexity index is 1210. The van der Waals surface area contributed by atoms with Crippen molar-refractivity contribution in [2.24, 2.45) is 0 Å². The minimum Gasteiger partial charge on any atom is -0.457 e. The fourth-order valence-corrected chi connectivity index (χ4v) is 3.22. The zero-order chi connectivity index (χ0) is 22.0. The lowest BCUT2D eigenvalue weighted by atomic mass is 10.0. The molecule has 1 heterocycles. The zero-order valence-electron chi connectivity index (χ0n) is 17.9. The van der Waals surface area contributed by atoms with Crippen molar-refractivity contribution in [1.82, 2.24) is 10.3 Å². The molecular formula is C28H24N2O2. The molecule has 0 unspecified atom stereocenters. The first-order valence-corrected chi connectivity index (χ1v) is 10.5. The third-order valence-corrected chi connectivity index (χ3v) is 4.77. The summed E-state index contributed by atoms with van der Waals surface area (Å²) >= 11 is 0. The van der Waals surface area contributed by atoms with E-state index in [1.165, 1.54) is 5.56 Å².